The Hall–Kier alpha value is -3.43. The zero-order chi connectivity index (χ0) is 22.3. The second-order valence-corrected chi connectivity index (χ2v) is 8.71. The lowest BCUT2D eigenvalue weighted by Gasteiger charge is -2.10. The van der Waals surface area contributed by atoms with Crippen LogP contribution in [0.5, 0.6) is 0 Å². The number of rotatable bonds is 8. The van der Waals surface area contributed by atoms with E-state index in [1.807, 2.05) is 34.2 Å². The van der Waals surface area contributed by atoms with Crippen LogP contribution in [0.3, 0.4) is 0 Å². The third kappa shape index (κ3) is 5.63. The van der Waals surface area contributed by atoms with Crippen molar-refractivity contribution in [2.24, 2.45) is 0 Å². The fourth-order valence-corrected chi connectivity index (χ4v) is 4.35. The lowest BCUT2D eigenvalue weighted by Crippen LogP contribution is -2.22. The van der Waals surface area contributed by atoms with E-state index in [4.69, 9.17) is 0 Å². The van der Waals surface area contributed by atoms with E-state index in [0.29, 0.717) is 23.0 Å². The summed E-state index contributed by atoms with van der Waals surface area (Å²) in [6.45, 7) is 0.482. The highest BCUT2D eigenvalue weighted by Gasteiger charge is 2.12. The predicted molar refractivity (Wildman–Crippen MR) is 125 cm³/mol. The first-order valence-electron chi connectivity index (χ1n) is 9.71. The van der Waals surface area contributed by atoms with Crippen LogP contribution in [0.25, 0.3) is 5.69 Å². The molecule has 2 N–H and O–H groups in total. The number of hydrogen-bond acceptors (Lipinski definition) is 5. The topological polar surface area (TPSA) is 76.0 Å². The number of carbonyl (C=O) groups is 2. The number of aromatic nitrogens is 2. The van der Waals surface area contributed by atoms with Gasteiger partial charge in [-0.1, -0.05) is 23.9 Å². The molecule has 2 aromatic carbocycles. The molecule has 0 bridgehead atoms. The van der Waals surface area contributed by atoms with Gasteiger partial charge in [0.15, 0.2) is 5.16 Å². The zero-order valence-electron chi connectivity index (χ0n) is 16.8. The number of nitrogens with one attached hydrogen (secondary N) is 2. The molecule has 2 aromatic heterocycles. The van der Waals surface area contributed by atoms with Crippen molar-refractivity contribution in [1.29, 1.82) is 0 Å². The van der Waals surface area contributed by atoms with E-state index in [1.165, 1.54) is 36.0 Å². The average molecular weight is 467 g/mol. The van der Waals surface area contributed by atoms with E-state index < -0.39 is 0 Å². The molecule has 0 aliphatic rings. The summed E-state index contributed by atoms with van der Waals surface area (Å²) in [5.74, 6) is -0.608. The average Bonchev–Trinajstić information content (AvgIpc) is 3.50. The summed E-state index contributed by atoms with van der Waals surface area (Å²) < 4.78 is 14.8. The van der Waals surface area contributed by atoms with Gasteiger partial charge in [0.2, 0.25) is 5.91 Å². The Bertz CT molecular complexity index is 1210. The molecular formula is C23H19FN4O2S2. The van der Waals surface area contributed by atoms with E-state index in [9.17, 15) is 14.0 Å². The standard InChI is InChI=1S/C23H19FN4O2S2/c24-17-6-8-18(9-7-17)27-21(29)15-32-23-25-10-11-28(23)19-4-1-3-16(13-19)22(30)26-14-20-5-2-12-31-20/h1-13H,14-15H2,(H,26,30)(H,27,29). The number of imidazole rings is 1. The van der Waals surface area contributed by atoms with Crippen LogP contribution in [0.2, 0.25) is 0 Å². The molecule has 32 heavy (non-hydrogen) atoms. The van der Waals surface area contributed by atoms with Crippen LogP contribution in [-0.2, 0) is 11.3 Å². The quantitative estimate of drug-likeness (QED) is 0.368. The number of benzene rings is 2. The third-order valence-electron chi connectivity index (χ3n) is 4.46. The molecule has 162 valence electrons. The molecule has 0 spiro atoms. The van der Waals surface area contributed by atoms with Gasteiger partial charge in [0.1, 0.15) is 5.82 Å². The van der Waals surface area contributed by atoms with E-state index >= 15 is 0 Å². The molecule has 0 saturated heterocycles. The van der Waals surface area contributed by atoms with Gasteiger partial charge in [-0.05, 0) is 53.9 Å². The summed E-state index contributed by atoms with van der Waals surface area (Å²) in [6, 6.07) is 16.7. The fourth-order valence-electron chi connectivity index (χ4n) is 2.93. The summed E-state index contributed by atoms with van der Waals surface area (Å²) >= 11 is 2.86. The molecular weight excluding hydrogens is 447 g/mol. The number of amides is 2. The second-order valence-electron chi connectivity index (χ2n) is 6.74. The van der Waals surface area contributed by atoms with Crippen LogP contribution < -0.4 is 10.6 Å². The van der Waals surface area contributed by atoms with Crippen LogP contribution in [0.4, 0.5) is 10.1 Å². The zero-order valence-corrected chi connectivity index (χ0v) is 18.5. The van der Waals surface area contributed by atoms with Crippen molar-refractivity contribution in [2.75, 3.05) is 11.1 Å². The van der Waals surface area contributed by atoms with E-state index in [-0.39, 0.29) is 23.4 Å². The SMILES string of the molecule is O=C(CSc1nccn1-c1cccc(C(=O)NCc2cccs2)c1)Nc1ccc(F)cc1. The van der Waals surface area contributed by atoms with Gasteiger partial charge in [-0.25, -0.2) is 9.37 Å². The molecule has 0 saturated carbocycles. The first kappa shape index (κ1) is 21.8. The lowest BCUT2D eigenvalue weighted by molar-refractivity contribution is -0.113. The molecule has 2 amide bonds. The Kier molecular flexibility index (Phi) is 6.98. The summed E-state index contributed by atoms with van der Waals surface area (Å²) in [4.78, 5) is 30.2. The van der Waals surface area contributed by atoms with E-state index in [2.05, 4.69) is 15.6 Å². The van der Waals surface area contributed by atoms with E-state index in [0.717, 1.165) is 10.6 Å². The maximum atomic E-state index is 13.0. The number of halogens is 1. The second kappa shape index (κ2) is 10.3. The number of thioether (sulfide) groups is 1. The van der Waals surface area contributed by atoms with Gasteiger partial charge in [0.25, 0.3) is 5.91 Å². The van der Waals surface area contributed by atoms with Crippen molar-refractivity contribution in [2.45, 2.75) is 11.7 Å². The maximum absolute atomic E-state index is 13.0. The van der Waals surface area contributed by atoms with Gasteiger partial charge in [-0.15, -0.1) is 11.3 Å². The molecule has 0 unspecified atom stereocenters. The van der Waals surface area contributed by atoms with E-state index in [1.54, 1.807) is 35.9 Å². The minimum atomic E-state index is -0.359. The number of nitrogens with zero attached hydrogens (tertiary/aromatic N) is 2. The molecule has 0 fully saturated rings. The van der Waals surface area contributed by atoms with Gasteiger partial charge in [-0.3, -0.25) is 14.2 Å². The Morgan fingerprint density at radius 2 is 1.94 bits per heavy atom. The third-order valence-corrected chi connectivity index (χ3v) is 6.30. The van der Waals surface area contributed by atoms with Crippen LogP contribution in [-0.4, -0.2) is 27.1 Å². The van der Waals surface area contributed by atoms with Gasteiger partial charge in [0.05, 0.1) is 12.3 Å². The summed E-state index contributed by atoms with van der Waals surface area (Å²) in [5, 5.41) is 8.24. The largest absolute Gasteiger partial charge is 0.347 e. The first-order valence-corrected chi connectivity index (χ1v) is 11.6. The van der Waals surface area contributed by atoms with Crippen LogP contribution in [0.1, 0.15) is 15.2 Å². The smallest absolute Gasteiger partial charge is 0.251 e. The first-order chi connectivity index (χ1) is 15.6. The van der Waals surface area contributed by atoms with Crippen molar-refractivity contribution in [3.05, 3.63) is 94.7 Å². The summed E-state index contributed by atoms with van der Waals surface area (Å²) in [6.07, 6.45) is 3.42. The monoisotopic (exact) mass is 466 g/mol. The molecule has 0 atom stereocenters. The highest BCUT2D eigenvalue weighted by molar-refractivity contribution is 7.99. The normalized spacial score (nSPS) is 10.7. The van der Waals surface area contributed by atoms with Crippen LogP contribution in [0, 0.1) is 5.82 Å². The number of carbonyl (C=O) groups excluding carboxylic acids is 2. The fraction of sp³-hybridized carbons (Fsp3) is 0.0870. The van der Waals surface area contributed by atoms with Gasteiger partial charge < -0.3 is 10.6 Å². The molecule has 4 aromatic rings. The number of anilines is 1. The van der Waals surface area contributed by atoms with Crippen molar-refractivity contribution in [3.63, 3.8) is 0 Å². The highest BCUT2D eigenvalue weighted by atomic mass is 32.2. The number of hydrogen-bond donors (Lipinski definition) is 2. The predicted octanol–water partition coefficient (Wildman–Crippen LogP) is 4.73. The lowest BCUT2D eigenvalue weighted by atomic mass is 10.2. The Labute approximate surface area is 192 Å². The van der Waals surface area contributed by atoms with Crippen molar-refractivity contribution >= 4 is 40.6 Å². The molecule has 4 rings (SSSR count). The van der Waals surface area contributed by atoms with Crippen LogP contribution in [0.15, 0.2) is 83.6 Å². The molecule has 2 heterocycles. The Balaban J connectivity index is 1.39. The summed E-state index contributed by atoms with van der Waals surface area (Å²) in [5.41, 5.74) is 1.84. The highest BCUT2D eigenvalue weighted by Crippen LogP contribution is 2.22. The Morgan fingerprint density at radius 1 is 1.09 bits per heavy atom. The minimum Gasteiger partial charge on any atom is -0.347 e. The van der Waals surface area contributed by atoms with Crippen molar-refractivity contribution in [1.82, 2.24) is 14.9 Å². The minimum absolute atomic E-state index is 0.134. The van der Waals surface area contributed by atoms with Crippen LogP contribution >= 0.6 is 23.1 Å². The van der Waals surface area contributed by atoms with Gasteiger partial charge in [0, 0.05) is 34.2 Å². The van der Waals surface area contributed by atoms with Gasteiger partial charge >= 0.3 is 0 Å². The van der Waals surface area contributed by atoms with Gasteiger partial charge in [-0.2, -0.15) is 0 Å². The molecule has 0 aliphatic carbocycles. The molecule has 6 nitrogen and oxygen atoms in total. The Morgan fingerprint density at radius 3 is 2.72 bits per heavy atom. The van der Waals surface area contributed by atoms with Crippen molar-refractivity contribution in [3.8, 4) is 5.69 Å². The van der Waals surface area contributed by atoms with Crippen molar-refractivity contribution < 1.29 is 14.0 Å². The molecule has 0 aliphatic heterocycles. The number of thiophene rings is 1. The summed E-state index contributed by atoms with van der Waals surface area (Å²) in [7, 11) is 0. The molecule has 9 heteroatoms. The molecule has 0 radical (unpaired) electrons. The maximum Gasteiger partial charge on any atom is 0.251 e.